The maximum atomic E-state index is 13.1. The van der Waals surface area contributed by atoms with E-state index in [9.17, 15) is 14.0 Å². The maximum Gasteiger partial charge on any atom is 0.226 e. The van der Waals surface area contributed by atoms with Crippen LogP contribution in [0.4, 0.5) is 15.8 Å². The number of halogens is 1. The minimum Gasteiger partial charge on any atom is -0.369 e. The summed E-state index contributed by atoms with van der Waals surface area (Å²) >= 11 is 0. The summed E-state index contributed by atoms with van der Waals surface area (Å²) in [4.78, 5) is 25.5. The Labute approximate surface area is 147 Å². The third-order valence-electron chi connectivity index (χ3n) is 3.94. The number of amides is 1. The van der Waals surface area contributed by atoms with E-state index in [1.807, 2.05) is 13.8 Å². The van der Waals surface area contributed by atoms with Gasteiger partial charge >= 0.3 is 0 Å². The van der Waals surface area contributed by atoms with Crippen LogP contribution < -0.4 is 10.2 Å². The van der Waals surface area contributed by atoms with E-state index in [0.29, 0.717) is 24.2 Å². The van der Waals surface area contributed by atoms with Gasteiger partial charge in [0.1, 0.15) is 5.82 Å². The summed E-state index contributed by atoms with van der Waals surface area (Å²) in [6.07, 6.45) is 0.310. The predicted molar refractivity (Wildman–Crippen MR) is 98.6 cm³/mol. The molecule has 0 aliphatic carbocycles. The Morgan fingerprint density at radius 2 is 1.64 bits per heavy atom. The van der Waals surface area contributed by atoms with Gasteiger partial charge in [-0.3, -0.25) is 9.59 Å². The van der Waals surface area contributed by atoms with Gasteiger partial charge < -0.3 is 10.2 Å². The molecule has 1 N–H and O–H groups in total. The van der Waals surface area contributed by atoms with Gasteiger partial charge in [0.25, 0.3) is 0 Å². The number of carbonyl (C=O) groups is 2. The number of ketones is 1. The van der Waals surface area contributed by atoms with Gasteiger partial charge in [0.15, 0.2) is 5.78 Å². The Kier molecular flexibility index (Phi) is 6.28. The molecule has 0 unspecified atom stereocenters. The van der Waals surface area contributed by atoms with Crippen molar-refractivity contribution < 1.29 is 14.0 Å². The third kappa shape index (κ3) is 5.41. The minimum atomic E-state index is -0.279. The summed E-state index contributed by atoms with van der Waals surface area (Å²) in [7, 11) is 0. The van der Waals surface area contributed by atoms with E-state index in [1.54, 1.807) is 36.4 Å². The summed E-state index contributed by atoms with van der Waals surface area (Å²) in [5.41, 5.74) is 2.16. The lowest BCUT2D eigenvalue weighted by Crippen LogP contribution is -2.33. The van der Waals surface area contributed by atoms with Crippen molar-refractivity contribution in [3.63, 3.8) is 0 Å². The number of carbonyl (C=O) groups excluding carboxylic acids is 2. The first kappa shape index (κ1) is 18.6. The Morgan fingerprint density at radius 3 is 2.16 bits per heavy atom. The van der Waals surface area contributed by atoms with Gasteiger partial charge in [-0.1, -0.05) is 0 Å². The first-order valence-corrected chi connectivity index (χ1v) is 8.30. The molecule has 5 heteroatoms. The molecule has 1 amide bonds. The van der Waals surface area contributed by atoms with Crippen LogP contribution in [0.3, 0.4) is 0 Å². The minimum absolute atomic E-state index is 0.00949. The molecule has 4 nitrogen and oxygen atoms in total. The molecule has 0 saturated carbocycles. The van der Waals surface area contributed by atoms with E-state index >= 15 is 0 Å². The van der Waals surface area contributed by atoms with E-state index in [1.165, 1.54) is 19.1 Å². The predicted octanol–water partition coefficient (Wildman–Crippen LogP) is 4.27. The van der Waals surface area contributed by atoms with Crippen LogP contribution >= 0.6 is 0 Å². The molecule has 0 aromatic heterocycles. The second-order valence-electron chi connectivity index (χ2n) is 6.20. The first-order chi connectivity index (χ1) is 11.9. The number of anilines is 2. The first-order valence-electron chi connectivity index (χ1n) is 8.30. The number of Topliss-reactive ketones (excluding diaryl/α,β-unsaturated/α-hetero) is 1. The fourth-order valence-corrected chi connectivity index (χ4v) is 2.55. The van der Waals surface area contributed by atoms with Gasteiger partial charge in [-0.05, 0) is 69.3 Å². The average molecular weight is 342 g/mol. The SMILES string of the molecule is CC(=O)c1ccc(NC(=O)CCN(c2ccc(F)cc2)C(C)C)cc1. The number of hydrogen-bond donors (Lipinski definition) is 1. The van der Waals surface area contributed by atoms with Gasteiger partial charge in [-0.15, -0.1) is 0 Å². The van der Waals surface area contributed by atoms with Crippen LogP contribution in [0.15, 0.2) is 48.5 Å². The Bertz CT molecular complexity index is 724. The largest absolute Gasteiger partial charge is 0.369 e. The number of nitrogens with zero attached hydrogens (tertiary/aromatic N) is 1. The highest BCUT2D eigenvalue weighted by atomic mass is 19.1. The molecule has 0 saturated heterocycles. The number of nitrogens with one attached hydrogen (secondary N) is 1. The van der Waals surface area contributed by atoms with Crippen LogP contribution in [-0.2, 0) is 4.79 Å². The van der Waals surface area contributed by atoms with Gasteiger partial charge in [-0.25, -0.2) is 4.39 Å². The van der Waals surface area contributed by atoms with Crippen LogP contribution in [0.25, 0.3) is 0 Å². The van der Waals surface area contributed by atoms with E-state index in [2.05, 4.69) is 10.2 Å². The zero-order valence-electron chi connectivity index (χ0n) is 14.8. The monoisotopic (exact) mass is 342 g/mol. The molecule has 0 fully saturated rings. The van der Waals surface area contributed by atoms with Crippen molar-refractivity contribution in [1.82, 2.24) is 0 Å². The highest BCUT2D eigenvalue weighted by Crippen LogP contribution is 2.18. The summed E-state index contributed by atoms with van der Waals surface area (Å²) < 4.78 is 13.1. The lowest BCUT2D eigenvalue weighted by atomic mass is 10.1. The molecule has 0 atom stereocenters. The zero-order valence-corrected chi connectivity index (χ0v) is 14.8. The highest BCUT2D eigenvalue weighted by molar-refractivity contribution is 5.95. The zero-order chi connectivity index (χ0) is 18.4. The number of rotatable bonds is 7. The van der Waals surface area contributed by atoms with Crippen molar-refractivity contribution in [3.8, 4) is 0 Å². The van der Waals surface area contributed by atoms with Gasteiger partial charge in [0.2, 0.25) is 5.91 Å². The molecular formula is C20H23FN2O2. The number of hydrogen-bond acceptors (Lipinski definition) is 3. The summed E-state index contributed by atoms with van der Waals surface area (Å²) in [6.45, 7) is 6.09. The average Bonchev–Trinajstić information content (AvgIpc) is 2.57. The van der Waals surface area contributed by atoms with E-state index in [0.717, 1.165) is 5.69 Å². The maximum absolute atomic E-state index is 13.1. The van der Waals surface area contributed by atoms with Gasteiger partial charge in [0.05, 0.1) is 0 Å². The Balaban J connectivity index is 1.94. The van der Waals surface area contributed by atoms with Crippen molar-refractivity contribution in [2.75, 3.05) is 16.8 Å². The van der Waals surface area contributed by atoms with Crippen LogP contribution in [0.5, 0.6) is 0 Å². The number of benzene rings is 2. The van der Waals surface area contributed by atoms with Gasteiger partial charge in [-0.2, -0.15) is 0 Å². The van der Waals surface area contributed by atoms with Crippen LogP contribution in [-0.4, -0.2) is 24.3 Å². The molecule has 25 heavy (non-hydrogen) atoms. The van der Waals surface area contributed by atoms with Crippen molar-refractivity contribution >= 4 is 23.1 Å². The summed E-state index contributed by atoms with van der Waals surface area (Å²) in [5, 5.41) is 2.83. The Morgan fingerprint density at radius 1 is 1.04 bits per heavy atom. The van der Waals surface area contributed by atoms with Crippen LogP contribution in [0, 0.1) is 5.82 Å². The molecule has 2 aromatic carbocycles. The molecule has 0 radical (unpaired) electrons. The van der Waals surface area contributed by atoms with Gasteiger partial charge in [0, 0.05) is 35.9 Å². The van der Waals surface area contributed by atoms with Crippen molar-refractivity contribution in [2.45, 2.75) is 33.2 Å². The van der Waals surface area contributed by atoms with Crippen LogP contribution in [0.1, 0.15) is 37.6 Å². The molecule has 132 valence electrons. The quantitative estimate of drug-likeness (QED) is 0.765. The topological polar surface area (TPSA) is 49.4 Å². The van der Waals surface area contributed by atoms with E-state index in [-0.39, 0.29) is 23.5 Å². The van der Waals surface area contributed by atoms with Crippen molar-refractivity contribution in [2.24, 2.45) is 0 Å². The second-order valence-corrected chi connectivity index (χ2v) is 6.20. The second kappa shape index (κ2) is 8.42. The standard InChI is InChI=1S/C20H23FN2O2/c1-14(2)23(19-10-6-17(21)7-11-19)13-12-20(25)22-18-8-4-16(5-9-18)15(3)24/h4-11,14H,12-13H2,1-3H3,(H,22,25). The third-order valence-corrected chi connectivity index (χ3v) is 3.94. The highest BCUT2D eigenvalue weighted by Gasteiger charge is 2.13. The fourth-order valence-electron chi connectivity index (χ4n) is 2.55. The van der Waals surface area contributed by atoms with Crippen molar-refractivity contribution in [3.05, 3.63) is 59.9 Å². The van der Waals surface area contributed by atoms with Crippen LogP contribution in [0.2, 0.25) is 0 Å². The lowest BCUT2D eigenvalue weighted by Gasteiger charge is -2.28. The normalized spacial score (nSPS) is 10.6. The van der Waals surface area contributed by atoms with Crippen molar-refractivity contribution in [1.29, 1.82) is 0 Å². The molecule has 0 aliphatic rings. The molecule has 2 rings (SSSR count). The molecule has 2 aromatic rings. The van der Waals surface area contributed by atoms with E-state index < -0.39 is 0 Å². The van der Waals surface area contributed by atoms with E-state index in [4.69, 9.17) is 0 Å². The smallest absolute Gasteiger partial charge is 0.226 e. The lowest BCUT2D eigenvalue weighted by molar-refractivity contribution is -0.116. The molecule has 0 bridgehead atoms. The molecule has 0 aliphatic heterocycles. The summed E-state index contributed by atoms with van der Waals surface area (Å²) in [6, 6.07) is 13.3. The summed E-state index contributed by atoms with van der Waals surface area (Å²) in [5.74, 6) is -0.396. The Hall–Kier alpha value is -2.69. The molecule has 0 heterocycles. The molecule has 0 spiro atoms. The molecular weight excluding hydrogens is 319 g/mol. The fraction of sp³-hybridized carbons (Fsp3) is 0.300.